The van der Waals surface area contributed by atoms with E-state index in [-0.39, 0.29) is 12.5 Å². The van der Waals surface area contributed by atoms with Crippen LogP contribution in [0.3, 0.4) is 0 Å². The lowest BCUT2D eigenvalue weighted by molar-refractivity contribution is 0.150. The first-order valence-electron chi connectivity index (χ1n) is 7.41. The van der Waals surface area contributed by atoms with E-state index in [1.807, 2.05) is 18.2 Å². The van der Waals surface area contributed by atoms with Crippen LogP contribution >= 0.6 is 12.2 Å². The Morgan fingerprint density at radius 1 is 1.30 bits per heavy atom. The molecule has 3 nitrogen and oxygen atoms in total. The second-order valence-corrected chi connectivity index (χ2v) is 5.99. The summed E-state index contributed by atoms with van der Waals surface area (Å²) >= 11 is 5.26. The Morgan fingerprint density at radius 2 is 1.95 bits per heavy atom. The number of benzene rings is 1. The van der Waals surface area contributed by atoms with Gasteiger partial charge >= 0.3 is 0 Å². The van der Waals surface area contributed by atoms with Gasteiger partial charge in [-0.25, -0.2) is 0 Å². The van der Waals surface area contributed by atoms with Crippen LogP contribution in [0.1, 0.15) is 37.2 Å². The highest BCUT2D eigenvalue weighted by Crippen LogP contribution is 2.26. The molecular formula is C16H24N2OS. The third-order valence-corrected chi connectivity index (χ3v) is 4.48. The van der Waals surface area contributed by atoms with Crippen LogP contribution in [0.2, 0.25) is 0 Å². The maximum absolute atomic E-state index is 9.31. The molecule has 3 N–H and O–H groups in total. The van der Waals surface area contributed by atoms with Crippen molar-refractivity contribution in [2.24, 2.45) is 5.73 Å². The van der Waals surface area contributed by atoms with Crippen molar-refractivity contribution in [3.05, 3.63) is 35.9 Å². The third kappa shape index (κ3) is 4.01. The van der Waals surface area contributed by atoms with Crippen LogP contribution in [0, 0.1) is 0 Å². The van der Waals surface area contributed by atoms with Gasteiger partial charge in [-0.3, -0.25) is 4.90 Å². The summed E-state index contributed by atoms with van der Waals surface area (Å²) in [6, 6.07) is 10.8. The van der Waals surface area contributed by atoms with E-state index in [4.69, 9.17) is 18.0 Å². The molecule has 1 fully saturated rings. The van der Waals surface area contributed by atoms with Gasteiger partial charge in [-0.1, -0.05) is 55.4 Å². The minimum atomic E-state index is 0.0679. The Labute approximate surface area is 126 Å². The molecule has 1 aromatic rings. The van der Waals surface area contributed by atoms with Crippen LogP contribution in [-0.4, -0.2) is 40.7 Å². The predicted molar refractivity (Wildman–Crippen MR) is 86.9 cm³/mol. The van der Waals surface area contributed by atoms with Crippen LogP contribution in [0.5, 0.6) is 0 Å². The summed E-state index contributed by atoms with van der Waals surface area (Å²) in [6.45, 7) is 1.70. The van der Waals surface area contributed by atoms with Gasteiger partial charge in [0.05, 0.1) is 11.6 Å². The van der Waals surface area contributed by atoms with Crippen LogP contribution in [0.15, 0.2) is 30.3 Å². The molecule has 0 spiro atoms. The van der Waals surface area contributed by atoms with E-state index in [0.717, 1.165) is 6.54 Å². The molecule has 110 valence electrons. The molecule has 1 aliphatic carbocycles. The number of aliphatic hydroxyl groups excluding tert-OH is 1. The van der Waals surface area contributed by atoms with Crippen molar-refractivity contribution in [2.75, 3.05) is 19.7 Å². The van der Waals surface area contributed by atoms with E-state index in [1.54, 1.807) is 0 Å². The lowest BCUT2D eigenvalue weighted by atomic mass is 9.97. The lowest BCUT2D eigenvalue weighted by Crippen LogP contribution is -2.41. The molecular weight excluding hydrogens is 268 g/mol. The fourth-order valence-corrected chi connectivity index (χ4v) is 3.31. The quantitative estimate of drug-likeness (QED) is 0.757. The smallest absolute Gasteiger partial charge is 0.0816 e. The molecule has 0 aromatic heterocycles. The highest BCUT2D eigenvalue weighted by atomic mass is 32.1. The number of nitrogens with zero attached hydrogens (tertiary/aromatic N) is 1. The minimum Gasteiger partial charge on any atom is -0.395 e. The van der Waals surface area contributed by atoms with Crippen molar-refractivity contribution in [3.8, 4) is 0 Å². The molecule has 4 heteroatoms. The van der Waals surface area contributed by atoms with Gasteiger partial charge < -0.3 is 10.8 Å². The monoisotopic (exact) mass is 292 g/mol. The van der Waals surface area contributed by atoms with Gasteiger partial charge in [-0.05, 0) is 18.4 Å². The number of aliphatic hydroxyl groups is 1. The maximum Gasteiger partial charge on any atom is 0.0816 e. The van der Waals surface area contributed by atoms with Gasteiger partial charge in [0.25, 0.3) is 0 Å². The second kappa shape index (κ2) is 7.72. The number of thiocarbonyl (C=S) groups is 1. The zero-order valence-electron chi connectivity index (χ0n) is 11.9. The van der Waals surface area contributed by atoms with Crippen LogP contribution < -0.4 is 5.73 Å². The van der Waals surface area contributed by atoms with Gasteiger partial charge in [0.2, 0.25) is 0 Å². The largest absolute Gasteiger partial charge is 0.395 e. The Hall–Kier alpha value is -0.970. The molecule has 0 saturated heterocycles. The van der Waals surface area contributed by atoms with E-state index in [1.165, 1.54) is 31.2 Å². The van der Waals surface area contributed by atoms with Crippen molar-refractivity contribution >= 4 is 17.2 Å². The molecule has 2 rings (SSSR count). The fourth-order valence-electron chi connectivity index (χ4n) is 3.10. The normalized spacial score (nSPS) is 17.5. The van der Waals surface area contributed by atoms with E-state index < -0.39 is 0 Å². The Kier molecular flexibility index (Phi) is 5.95. The SMILES string of the molecule is NC(=S)C(CN(CCO)C1CCCC1)c1ccccc1. The Morgan fingerprint density at radius 3 is 2.50 bits per heavy atom. The molecule has 1 saturated carbocycles. The number of hydrogen-bond acceptors (Lipinski definition) is 3. The maximum atomic E-state index is 9.31. The molecule has 0 amide bonds. The van der Waals surface area contributed by atoms with Gasteiger partial charge in [-0.2, -0.15) is 0 Å². The number of nitrogens with two attached hydrogens (primary N) is 1. The van der Waals surface area contributed by atoms with E-state index in [0.29, 0.717) is 17.6 Å². The minimum absolute atomic E-state index is 0.0679. The molecule has 0 radical (unpaired) electrons. The average Bonchev–Trinajstić information content (AvgIpc) is 2.98. The second-order valence-electron chi connectivity index (χ2n) is 5.52. The molecule has 1 aliphatic rings. The topological polar surface area (TPSA) is 49.5 Å². The number of hydrogen-bond donors (Lipinski definition) is 2. The molecule has 1 aromatic carbocycles. The summed E-state index contributed by atoms with van der Waals surface area (Å²) in [5.41, 5.74) is 7.12. The first-order chi connectivity index (χ1) is 9.72. The van der Waals surface area contributed by atoms with E-state index in [2.05, 4.69) is 17.0 Å². The molecule has 0 bridgehead atoms. The zero-order valence-corrected chi connectivity index (χ0v) is 12.7. The summed E-state index contributed by atoms with van der Waals surface area (Å²) in [6.07, 6.45) is 5.02. The summed E-state index contributed by atoms with van der Waals surface area (Å²) in [4.78, 5) is 2.90. The standard InChI is InChI=1S/C16H24N2OS/c17-16(20)15(13-6-2-1-3-7-13)12-18(10-11-19)14-8-4-5-9-14/h1-3,6-7,14-15,19H,4-5,8-12H2,(H2,17,20). The summed E-state index contributed by atoms with van der Waals surface area (Å²) < 4.78 is 0. The molecule has 1 unspecified atom stereocenters. The Balaban J connectivity index is 2.10. The van der Waals surface area contributed by atoms with Crippen molar-refractivity contribution in [2.45, 2.75) is 37.6 Å². The predicted octanol–water partition coefficient (Wildman–Crippen LogP) is 2.29. The van der Waals surface area contributed by atoms with E-state index in [9.17, 15) is 5.11 Å². The highest BCUT2D eigenvalue weighted by molar-refractivity contribution is 7.80. The lowest BCUT2D eigenvalue weighted by Gasteiger charge is -2.31. The van der Waals surface area contributed by atoms with Crippen LogP contribution in [-0.2, 0) is 0 Å². The summed E-state index contributed by atoms with van der Waals surface area (Å²) in [5.74, 6) is 0.0679. The van der Waals surface area contributed by atoms with E-state index >= 15 is 0 Å². The fraction of sp³-hybridized carbons (Fsp3) is 0.562. The molecule has 0 heterocycles. The van der Waals surface area contributed by atoms with Gasteiger partial charge in [0.15, 0.2) is 0 Å². The first kappa shape index (κ1) is 15.4. The Bertz CT molecular complexity index is 418. The number of rotatable bonds is 7. The molecule has 0 aliphatic heterocycles. The first-order valence-corrected chi connectivity index (χ1v) is 7.82. The highest BCUT2D eigenvalue weighted by Gasteiger charge is 2.26. The van der Waals surface area contributed by atoms with Crippen LogP contribution in [0.25, 0.3) is 0 Å². The van der Waals surface area contributed by atoms with Crippen LogP contribution in [0.4, 0.5) is 0 Å². The van der Waals surface area contributed by atoms with Crippen molar-refractivity contribution in [3.63, 3.8) is 0 Å². The average molecular weight is 292 g/mol. The molecule has 1 atom stereocenters. The van der Waals surface area contributed by atoms with Gasteiger partial charge in [-0.15, -0.1) is 0 Å². The zero-order chi connectivity index (χ0) is 14.4. The van der Waals surface area contributed by atoms with Crippen molar-refractivity contribution in [1.82, 2.24) is 4.90 Å². The summed E-state index contributed by atoms with van der Waals surface area (Å²) in [5, 5.41) is 9.31. The van der Waals surface area contributed by atoms with Crippen molar-refractivity contribution < 1.29 is 5.11 Å². The molecule has 20 heavy (non-hydrogen) atoms. The van der Waals surface area contributed by atoms with Crippen molar-refractivity contribution in [1.29, 1.82) is 0 Å². The summed E-state index contributed by atoms with van der Waals surface area (Å²) in [7, 11) is 0. The third-order valence-electron chi connectivity index (χ3n) is 4.19. The van der Waals surface area contributed by atoms with Gasteiger partial charge in [0.1, 0.15) is 0 Å². The van der Waals surface area contributed by atoms with Gasteiger partial charge in [0, 0.05) is 25.0 Å².